The molecular formula is C23H25NO7. The van der Waals surface area contributed by atoms with E-state index < -0.39 is 23.9 Å². The molecule has 8 nitrogen and oxygen atoms in total. The molecule has 0 aliphatic heterocycles. The Morgan fingerprint density at radius 2 is 1.48 bits per heavy atom. The molecule has 31 heavy (non-hydrogen) atoms. The predicted octanol–water partition coefficient (Wildman–Crippen LogP) is 2.48. The minimum atomic E-state index is -0.899. The molecule has 2 aromatic rings. The number of esters is 2. The lowest BCUT2D eigenvalue weighted by Crippen LogP contribution is -2.43. The minimum Gasteiger partial charge on any atom is -0.497 e. The van der Waals surface area contributed by atoms with Crippen molar-refractivity contribution in [2.24, 2.45) is 0 Å². The number of hydrogen-bond acceptors (Lipinski definition) is 7. The first kappa shape index (κ1) is 23.6. The maximum Gasteiger partial charge on any atom is 0.328 e. The van der Waals surface area contributed by atoms with Gasteiger partial charge in [0.2, 0.25) is 0 Å². The maximum atomic E-state index is 12.5. The predicted molar refractivity (Wildman–Crippen MR) is 112 cm³/mol. The summed E-state index contributed by atoms with van der Waals surface area (Å²) in [5, 5.41) is 2.67. The van der Waals surface area contributed by atoms with Crippen LogP contribution >= 0.6 is 0 Å². The fourth-order valence-corrected chi connectivity index (χ4v) is 2.71. The van der Waals surface area contributed by atoms with Gasteiger partial charge in [-0.2, -0.15) is 0 Å². The van der Waals surface area contributed by atoms with Crippen molar-refractivity contribution in [3.8, 4) is 11.5 Å². The summed E-state index contributed by atoms with van der Waals surface area (Å²) in [6.45, 7) is 1.41. The number of Topliss-reactive ketones (excluding diaryl/α,β-unsaturated/α-hetero) is 1. The molecule has 1 unspecified atom stereocenters. The number of methoxy groups -OCH3 is 2. The smallest absolute Gasteiger partial charge is 0.328 e. The Balaban J connectivity index is 2.01. The molecule has 0 saturated carbocycles. The Morgan fingerprint density at radius 3 is 2.03 bits per heavy atom. The number of carbonyl (C=O) groups is 4. The number of hydrogen-bond donors (Lipinski definition) is 1. The van der Waals surface area contributed by atoms with Crippen LogP contribution in [0.2, 0.25) is 0 Å². The second-order valence-electron chi connectivity index (χ2n) is 6.80. The maximum absolute atomic E-state index is 12.5. The summed E-state index contributed by atoms with van der Waals surface area (Å²) < 4.78 is 15.1. The molecule has 0 fully saturated rings. The molecule has 0 spiro atoms. The number of nitrogens with one attached hydrogen (secondary N) is 1. The van der Waals surface area contributed by atoms with Gasteiger partial charge in [0.1, 0.15) is 23.3 Å². The summed E-state index contributed by atoms with van der Waals surface area (Å²) in [6.07, 6.45) is 0.331. The van der Waals surface area contributed by atoms with E-state index in [1.807, 2.05) is 0 Å². The normalized spacial score (nSPS) is 11.2. The third-order valence-corrected chi connectivity index (χ3v) is 4.42. The van der Waals surface area contributed by atoms with Gasteiger partial charge in [-0.1, -0.05) is 12.1 Å². The Kier molecular flexibility index (Phi) is 8.75. The molecular weight excluding hydrogens is 402 g/mol. The van der Waals surface area contributed by atoms with E-state index in [1.54, 1.807) is 48.5 Å². The molecule has 0 aromatic heterocycles. The molecule has 1 atom stereocenters. The highest BCUT2D eigenvalue weighted by Gasteiger charge is 2.23. The highest BCUT2D eigenvalue weighted by Crippen LogP contribution is 2.16. The van der Waals surface area contributed by atoms with Crippen molar-refractivity contribution in [3.63, 3.8) is 0 Å². The summed E-state index contributed by atoms with van der Waals surface area (Å²) in [5.74, 6) is -0.645. The van der Waals surface area contributed by atoms with Crippen LogP contribution in [-0.4, -0.2) is 43.9 Å². The number of amides is 1. The standard InChI is InChI=1S/C23H25NO7/c1-15(25)4-13-21(26)31-19-9-5-16(6-10-19)14-20(23(28)30-3)24-22(27)17-7-11-18(29-2)12-8-17/h5-12,20H,4,13-14H2,1-3H3,(H,24,27). The third-order valence-electron chi connectivity index (χ3n) is 4.42. The van der Waals surface area contributed by atoms with Crippen molar-refractivity contribution in [2.75, 3.05) is 14.2 Å². The van der Waals surface area contributed by atoms with Crippen LogP contribution in [0, 0.1) is 0 Å². The van der Waals surface area contributed by atoms with Gasteiger partial charge in [0.05, 0.1) is 20.6 Å². The number of rotatable bonds is 10. The van der Waals surface area contributed by atoms with E-state index >= 15 is 0 Å². The second kappa shape index (κ2) is 11.5. The number of benzene rings is 2. The van der Waals surface area contributed by atoms with Gasteiger partial charge < -0.3 is 24.3 Å². The number of ether oxygens (including phenoxy) is 3. The zero-order chi connectivity index (χ0) is 22.8. The van der Waals surface area contributed by atoms with Crippen LogP contribution in [0.1, 0.15) is 35.7 Å². The number of carbonyl (C=O) groups excluding carboxylic acids is 4. The van der Waals surface area contributed by atoms with Crippen LogP contribution in [0.25, 0.3) is 0 Å². The summed E-state index contributed by atoms with van der Waals surface area (Å²) in [4.78, 5) is 47.3. The van der Waals surface area contributed by atoms with Gasteiger partial charge in [-0.3, -0.25) is 9.59 Å². The lowest BCUT2D eigenvalue weighted by molar-refractivity contribution is -0.142. The summed E-state index contributed by atoms with van der Waals surface area (Å²) in [5.41, 5.74) is 1.11. The van der Waals surface area contributed by atoms with Crippen molar-refractivity contribution >= 4 is 23.6 Å². The van der Waals surface area contributed by atoms with E-state index in [1.165, 1.54) is 21.1 Å². The first-order valence-electron chi connectivity index (χ1n) is 9.64. The highest BCUT2D eigenvalue weighted by molar-refractivity contribution is 5.97. The van der Waals surface area contributed by atoms with E-state index in [0.29, 0.717) is 17.1 Å². The first-order chi connectivity index (χ1) is 14.8. The molecule has 0 bridgehead atoms. The zero-order valence-electron chi connectivity index (χ0n) is 17.7. The molecule has 2 aromatic carbocycles. The van der Waals surface area contributed by atoms with Crippen LogP contribution in [0.4, 0.5) is 0 Å². The Hall–Kier alpha value is -3.68. The van der Waals surface area contributed by atoms with Crippen LogP contribution in [-0.2, 0) is 25.5 Å². The fraction of sp³-hybridized carbons (Fsp3) is 0.304. The fourth-order valence-electron chi connectivity index (χ4n) is 2.71. The van der Waals surface area contributed by atoms with Crippen molar-refractivity contribution in [3.05, 3.63) is 59.7 Å². The lowest BCUT2D eigenvalue weighted by atomic mass is 10.0. The van der Waals surface area contributed by atoms with Gasteiger partial charge >= 0.3 is 11.9 Å². The van der Waals surface area contributed by atoms with Gasteiger partial charge in [-0.25, -0.2) is 4.79 Å². The molecule has 164 valence electrons. The molecule has 0 radical (unpaired) electrons. The Morgan fingerprint density at radius 1 is 0.871 bits per heavy atom. The van der Waals surface area contributed by atoms with Gasteiger partial charge in [-0.15, -0.1) is 0 Å². The minimum absolute atomic E-state index is 0.0128. The molecule has 1 N–H and O–H groups in total. The molecule has 0 aliphatic carbocycles. The van der Waals surface area contributed by atoms with Crippen molar-refractivity contribution in [1.29, 1.82) is 0 Å². The summed E-state index contributed by atoms with van der Waals surface area (Å²) >= 11 is 0. The average Bonchev–Trinajstić information content (AvgIpc) is 2.77. The average molecular weight is 427 g/mol. The monoisotopic (exact) mass is 427 g/mol. The van der Waals surface area contributed by atoms with Crippen molar-refractivity contribution in [1.82, 2.24) is 5.32 Å². The van der Waals surface area contributed by atoms with E-state index in [9.17, 15) is 19.2 Å². The van der Waals surface area contributed by atoms with Gasteiger partial charge in [0.25, 0.3) is 5.91 Å². The van der Waals surface area contributed by atoms with Crippen molar-refractivity contribution < 1.29 is 33.4 Å². The largest absolute Gasteiger partial charge is 0.497 e. The topological polar surface area (TPSA) is 108 Å². The quantitative estimate of drug-likeness (QED) is 0.458. The van der Waals surface area contributed by atoms with Crippen molar-refractivity contribution in [2.45, 2.75) is 32.2 Å². The van der Waals surface area contributed by atoms with Gasteiger partial charge in [0.15, 0.2) is 0 Å². The Bertz CT molecular complexity index is 920. The highest BCUT2D eigenvalue weighted by atomic mass is 16.5. The SMILES string of the molecule is COC(=O)C(Cc1ccc(OC(=O)CCC(C)=O)cc1)NC(=O)c1ccc(OC)cc1. The van der Waals surface area contributed by atoms with Crippen LogP contribution < -0.4 is 14.8 Å². The van der Waals surface area contributed by atoms with Gasteiger partial charge in [0, 0.05) is 18.4 Å². The van der Waals surface area contributed by atoms with Crippen LogP contribution in [0.3, 0.4) is 0 Å². The van der Waals surface area contributed by atoms with E-state index in [0.717, 1.165) is 5.56 Å². The molecule has 2 rings (SSSR count). The third kappa shape index (κ3) is 7.58. The van der Waals surface area contributed by atoms with E-state index in [4.69, 9.17) is 14.2 Å². The van der Waals surface area contributed by atoms with Gasteiger partial charge in [-0.05, 0) is 48.9 Å². The summed E-state index contributed by atoms with van der Waals surface area (Å²) in [6, 6.07) is 12.1. The molecule has 0 saturated heterocycles. The molecule has 0 heterocycles. The van der Waals surface area contributed by atoms with E-state index in [2.05, 4.69) is 5.32 Å². The van der Waals surface area contributed by atoms with E-state index in [-0.39, 0.29) is 25.0 Å². The first-order valence-corrected chi connectivity index (χ1v) is 9.64. The number of ketones is 1. The summed E-state index contributed by atoms with van der Waals surface area (Å²) in [7, 11) is 2.78. The van der Waals surface area contributed by atoms with Crippen LogP contribution in [0.5, 0.6) is 11.5 Å². The molecule has 0 aliphatic rings. The second-order valence-corrected chi connectivity index (χ2v) is 6.80. The molecule has 1 amide bonds. The molecule has 8 heteroatoms. The lowest BCUT2D eigenvalue weighted by Gasteiger charge is -2.17. The zero-order valence-corrected chi connectivity index (χ0v) is 17.7. The van der Waals surface area contributed by atoms with Crippen LogP contribution in [0.15, 0.2) is 48.5 Å². The Labute approximate surface area is 180 Å².